The monoisotopic (exact) mass is 303 g/mol. The zero-order chi connectivity index (χ0) is 15.5. The van der Waals surface area contributed by atoms with Gasteiger partial charge in [-0.05, 0) is 12.1 Å². The van der Waals surface area contributed by atoms with Gasteiger partial charge in [0.1, 0.15) is 0 Å². The van der Waals surface area contributed by atoms with Crippen LogP contribution >= 0.6 is 0 Å². The minimum atomic E-state index is -1.09. The molecule has 8 heteroatoms. The average molecular weight is 303 g/mol. The summed E-state index contributed by atoms with van der Waals surface area (Å²) in [5.74, 6) is -1.04. The lowest BCUT2D eigenvalue weighted by atomic mass is 10.2. The summed E-state index contributed by atoms with van der Waals surface area (Å²) in [5.41, 5.74) is 0.837. The summed E-state index contributed by atoms with van der Waals surface area (Å²) >= 11 is 0. The Kier molecular flexibility index (Phi) is 3.84. The molecular weight excluding hydrogens is 290 g/mol. The number of aliphatic carboxylic acids is 1. The van der Waals surface area contributed by atoms with E-state index in [2.05, 4.69) is 10.1 Å². The van der Waals surface area contributed by atoms with Crippen molar-refractivity contribution in [2.45, 2.75) is 6.10 Å². The molecular formula is C14H13N3O5. The summed E-state index contributed by atoms with van der Waals surface area (Å²) in [6, 6.07) is 5.06. The molecule has 2 aromatic heterocycles. The molecule has 3 heterocycles. The molecule has 0 bridgehead atoms. The van der Waals surface area contributed by atoms with Crippen LogP contribution in [0.4, 0.5) is 0 Å². The Hall–Kier alpha value is -2.74. The third-order valence-corrected chi connectivity index (χ3v) is 3.30. The molecule has 1 aliphatic heterocycles. The number of morpholine rings is 1. The number of carboxylic acids is 1. The fourth-order valence-corrected chi connectivity index (χ4v) is 2.17. The molecule has 0 radical (unpaired) electrons. The van der Waals surface area contributed by atoms with E-state index in [1.54, 1.807) is 24.5 Å². The van der Waals surface area contributed by atoms with Gasteiger partial charge in [-0.1, -0.05) is 5.16 Å². The summed E-state index contributed by atoms with van der Waals surface area (Å²) in [6.07, 6.45) is 2.22. The number of hydrogen-bond donors (Lipinski definition) is 1. The van der Waals surface area contributed by atoms with Crippen LogP contribution in [0.1, 0.15) is 10.5 Å². The normalized spacial score (nSPS) is 18.2. The summed E-state index contributed by atoms with van der Waals surface area (Å²) in [6.45, 7) is 0.483. The summed E-state index contributed by atoms with van der Waals surface area (Å²) in [4.78, 5) is 28.7. The smallest absolute Gasteiger partial charge is 0.334 e. The third-order valence-electron chi connectivity index (χ3n) is 3.30. The van der Waals surface area contributed by atoms with Gasteiger partial charge in [0.2, 0.25) is 0 Å². The first-order chi connectivity index (χ1) is 10.6. The Labute approximate surface area is 125 Å². The maximum Gasteiger partial charge on any atom is 0.334 e. The van der Waals surface area contributed by atoms with Gasteiger partial charge in [0, 0.05) is 30.6 Å². The van der Waals surface area contributed by atoms with Crippen LogP contribution < -0.4 is 0 Å². The summed E-state index contributed by atoms with van der Waals surface area (Å²) in [7, 11) is 0. The van der Waals surface area contributed by atoms with E-state index in [-0.39, 0.29) is 24.8 Å². The lowest BCUT2D eigenvalue weighted by Crippen LogP contribution is -2.48. The number of aromatic nitrogens is 2. The Morgan fingerprint density at radius 1 is 1.41 bits per heavy atom. The molecule has 0 aromatic carbocycles. The van der Waals surface area contributed by atoms with Crippen molar-refractivity contribution in [3.8, 4) is 11.3 Å². The minimum Gasteiger partial charge on any atom is -0.479 e. The first-order valence-electron chi connectivity index (χ1n) is 6.66. The largest absolute Gasteiger partial charge is 0.479 e. The molecule has 1 aliphatic rings. The maximum absolute atomic E-state index is 12.4. The Bertz CT molecular complexity index is 685. The fraction of sp³-hybridized carbons (Fsp3) is 0.286. The minimum absolute atomic E-state index is 0.0107. The average Bonchev–Trinajstić information content (AvgIpc) is 3.05. The molecule has 1 unspecified atom stereocenters. The summed E-state index contributed by atoms with van der Waals surface area (Å²) < 4.78 is 10.2. The molecule has 3 rings (SSSR count). The van der Waals surface area contributed by atoms with Crippen LogP contribution in [0.25, 0.3) is 11.3 Å². The number of amides is 1. The highest BCUT2D eigenvalue weighted by Gasteiger charge is 2.30. The van der Waals surface area contributed by atoms with Crippen molar-refractivity contribution >= 4 is 11.9 Å². The molecule has 8 nitrogen and oxygen atoms in total. The van der Waals surface area contributed by atoms with Crippen LogP contribution in [0.3, 0.4) is 0 Å². The summed E-state index contributed by atoms with van der Waals surface area (Å²) in [5, 5.41) is 12.7. The van der Waals surface area contributed by atoms with Gasteiger partial charge in [-0.3, -0.25) is 9.78 Å². The standard InChI is InChI=1S/C14H13N3O5/c18-13(17-4-5-21-12(8-17)14(19)20)10-6-11(22-16-10)9-2-1-3-15-7-9/h1-3,6-7,12H,4-5,8H2,(H,19,20). The van der Waals surface area contributed by atoms with E-state index in [9.17, 15) is 9.59 Å². The van der Waals surface area contributed by atoms with E-state index in [4.69, 9.17) is 14.4 Å². The number of carbonyl (C=O) groups is 2. The first kappa shape index (κ1) is 14.2. The molecule has 0 aliphatic carbocycles. The van der Waals surface area contributed by atoms with Gasteiger partial charge in [0.15, 0.2) is 17.6 Å². The zero-order valence-electron chi connectivity index (χ0n) is 11.5. The van der Waals surface area contributed by atoms with Crippen molar-refractivity contribution in [1.29, 1.82) is 0 Å². The van der Waals surface area contributed by atoms with Crippen molar-refractivity contribution in [1.82, 2.24) is 15.0 Å². The van der Waals surface area contributed by atoms with Crippen LogP contribution in [0, 0.1) is 0 Å². The molecule has 1 amide bonds. The molecule has 22 heavy (non-hydrogen) atoms. The predicted octanol–water partition coefficient (Wildman–Crippen LogP) is 0.662. The van der Waals surface area contributed by atoms with Crippen molar-refractivity contribution in [2.24, 2.45) is 0 Å². The number of hydrogen-bond acceptors (Lipinski definition) is 6. The lowest BCUT2D eigenvalue weighted by molar-refractivity contribution is -0.154. The third kappa shape index (κ3) is 2.82. The van der Waals surface area contributed by atoms with Crippen LogP contribution in [-0.4, -0.2) is 57.8 Å². The van der Waals surface area contributed by atoms with Gasteiger partial charge in [0.25, 0.3) is 5.91 Å². The topological polar surface area (TPSA) is 106 Å². The van der Waals surface area contributed by atoms with Crippen molar-refractivity contribution in [3.63, 3.8) is 0 Å². The van der Waals surface area contributed by atoms with Crippen LogP contribution in [0.15, 0.2) is 35.1 Å². The molecule has 0 saturated carbocycles. The SMILES string of the molecule is O=C(O)C1CN(C(=O)c2cc(-c3cccnc3)on2)CCO1. The number of nitrogens with zero attached hydrogens (tertiary/aromatic N) is 3. The second-order valence-electron chi connectivity index (χ2n) is 4.77. The fourth-order valence-electron chi connectivity index (χ4n) is 2.17. The Morgan fingerprint density at radius 3 is 3.00 bits per heavy atom. The van der Waals surface area contributed by atoms with E-state index in [0.29, 0.717) is 17.9 Å². The van der Waals surface area contributed by atoms with Crippen LogP contribution in [-0.2, 0) is 9.53 Å². The van der Waals surface area contributed by atoms with Crippen molar-refractivity contribution in [3.05, 3.63) is 36.3 Å². The van der Waals surface area contributed by atoms with E-state index in [1.165, 1.54) is 11.0 Å². The predicted molar refractivity (Wildman–Crippen MR) is 73.0 cm³/mol. The number of pyridine rings is 1. The molecule has 1 atom stereocenters. The highest BCUT2D eigenvalue weighted by atomic mass is 16.5. The molecule has 1 N–H and O–H groups in total. The second-order valence-corrected chi connectivity index (χ2v) is 4.77. The molecule has 114 valence electrons. The van der Waals surface area contributed by atoms with E-state index < -0.39 is 12.1 Å². The van der Waals surface area contributed by atoms with E-state index in [1.807, 2.05) is 0 Å². The number of ether oxygens (including phenoxy) is 1. The molecule has 2 aromatic rings. The van der Waals surface area contributed by atoms with E-state index in [0.717, 1.165) is 0 Å². The Morgan fingerprint density at radius 2 is 2.27 bits per heavy atom. The highest BCUT2D eigenvalue weighted by molar-refractivity contribution is 5.93. The zero-order valence-corrected chi connectivity index (χ0v) is 11.5. The maximum atomic E-state index is 12.4. The van der Waals surface area contributed by atoms with Gasteiger partial charge < -0.3 is 19.3 Å². The van der Waals surface area contributed by atoms with Gasteiger partial charge in [-0.15, -0.1) is 0 Å². The molecule has 0 spiro atoms. The number of carboxylic acid groups (broad SMARTS) is 1. The Balaban J connectivity index is 1.76. The first-order valence-corrected chi connectivity index (χ1v) is 6.66. The number of carbonyl (C=O) groups excluding carboxylic acids is 1. The van der Waals surface area contributed by atoms with Gasteiger partial charge in [0.05, 0.1) is 13.2 Å². The van der Waals surface area contributed by atoms with Gasteiger partial charge >= 0.3 is 5.97 Å². The van der Waals surface area contributed by atoms with Crippen LogP contribution in [0.5, 0.6) is 0 Å². The lowest BCUT2D eigenvalue weighted by Gasteiger charge is -2.30. The molecule has 1 saturated heterocycles. The van der Waals surface area contributed by atoms with E-state index >= 15 is 0 Å². The van der Waals surface area contributed by atoms with Crippen molar-refractivity contribution < 1.29 is 24.0 Å². The van der Waals surface area contributed by atoms with Gasteiger partial charge in [-0.2, -0.15) is 0 Å². The quantitative estimate of drug-likeness (QED) is 0.887. The second kappa shape index (κ2) is 5.94. The highest BCUT2D eigenvalue weighted by Crippen LogP contribution is 2.20. The van der Waals surface area contributed by atoms with Crippen molar-refractivity contribution in [2.75, 3.05) is 19.7 Å². The number of rotatable bonds is 3. The van der Waals surface area contributed by atoms with Gasteiger partial charge in [-0.25, -0.2) is 4.79 Å². The molecule has 1 fully saturated rings. The van der Waals surface area contributed by atoms with Crippen LogP contribution in [0.2, 0.25) is 0 Å².